The molecule has 0 bridgehead atoms. The fraction of sp³-hybridized carbons (Fsp3) is 0.364. The van der Waals surface area contributed by atoms with Gasteiger partial charge in [-0.05, 0) is 19.1 Å². The minimum absolute atomic E-state index is 0. The van der Waals surface area contributed by atoms with Gasteiger partial charge in [-0.15, -0.1) is 0 Å². The van der Waals surface area contributed by atoms with Crippen LogP contribution in [0.5, 0.6) is 0 Å². The Morgan fingerprint density at radius 1 is 1.44 bits per heavy atom. The standard InChI is InChI=1S/C10H12N2.CH4BS.U/c1-3-12(2)10-7-5-4-6-9(10)8-11;1-2-3;/h4-7H,3H2,1-2H3;3H,1H3;. The molecule has 0 aliphatic heterocycles. The summed E-state index contributed by atoms with van der Waals surface area (Å²) in [6, 6.07) is 9.79. The maximum Gasteiger partial charge on any atom is 0.183 e. The van der Waals surface area contributed by atoms with Crippen LogP contribution in [0.2, 0.25) is 6.82 Å². The molecule has 1 radical (unpaired) electrons. The Labute approximate surface area is 128 Å². The summed E-state index contributed by atoms with van der Waals surface area (Å²) in [4.78, 5) is 2.05. The largest absolute Gasteiger partial charge is 0.374 e. The Kier molecular flexibility index (Phi) is 13.1. The van der Waals surface area contributed by atoms with E-state index in [9.17, 15) is 0 Å². The number of anilines is 1. The SMILES string of the molecule is CCN(C)c1ccccc1C#N.C[B]S.[U]. The van der Waals surface area contributed by atoms with Gasteiger partial charge in [0.2, 0.25) is 0 Å². The van der Waals surface area contributed by atoms with E-state index in [1.807, 2.05) is 38.1 Å². The molecule has 1 aromatic rings. The van der Waals surface area contributed by atoms with E-state index in [0.717, 1.165) is 17.8 Å². The molecule has 0 fully saturated rings. The predicted molar refractivity (Wildman–Crippen MR) is 70.7 cm³/mol. The quantitative estimate of drug-likeness (QED) is 0.547. The van der Waals surface area contributed by atoms with Crippen molar-refractivity contribution in [1.82, 2.24) is 0 Å². The van der Waals surface area contributed by atoms with Crippen molar-refractivity contribution in [2.24, 2.45) is 0 Å². The Balaban J connectivity index is 0. The summed E-state index contributed by atoms with van der Waals surface area (Å²) >= 11 is 3.66. The first-order valence-electron chi connectivity index (χ1n) is 4.83. The van der Waals surface area contributed by atoms with E-state index < -0.39 is 0 Å². The molecule has 0 unspecified atom stereocenters. The molecular weight excluding hydrogens is 441 g/mol. The summed E-state index contributed by atoms with van der Waals surface area (Å²) in [6.07, 6.45) is 0. The second kappa shape index (κ2) is 11.5. The van der Waals surface area contributed by atoms with Crippen molar-refractivity contribution in [2.75, 3.05) is 18.5 Å². The van der Waals surface area contributed by atoms with Crippen LogP contribution >= 0.6 is 12.5 Å². The second-order valence-electron chi connectivity index (χ2n) is 2.90. The maximum atomic E-state index is 8.79. The van der Waals surface area contributed by atoms with Crippen molar-refractivity contribution < 1.29 is 31.1 Å². The Hall–Kier alpha value is -0.0231. The summed E-state index contributed by atoms with van der Waals surface area (Å²) < 4.78 is 0. The molecule has 0 saturated carbocycles. The molecule has 0 amide bonds. The zero-order valence-electron chi connectivity index (χ0n) is 9.94. The maximum absolute atomic E-state index is 8.79. The molecule has 0 saturated heterocycles. The minimum atomic E-state index is 0. The number of hydrogen-bond acceptors (Lipinski definition) is 3. The summed E-state index contributed by atoms with van der Waals surface area (Å²) in [6.45, 7) is 6.54. The van der Waals surface area contributed by atoms with Crippen LogP contribution in [0, 0.1) is 42.4 Å². The third-order valence-electron chi connectivity index (χ3n) is 1.91. The van der Waals surface area contributed by atoms with Gasteiger partial charge in [-0.2, -0.15) is 5.26 Å². The van der Waals surface area contributed by atoms with Gasteiger partial charge in [-0.25, -0.2) is 12.5 Å². The van der Waals surface area contributed by atoms with E-state index >= 15 is 0 Å². The Morgan fingerprint density at radius 3 is 2.38 bits per heavy atom. The van der Waals surface area contributed by atoms with Crippen LogP contribution in [-0.2, 0) is 0 Å². The molecular formula is C11H16BN2SU. The normalized spacial score (nSPS) is 7.69. The van der Waals surface area contributed by atoms with Crippen LogP contribution in [0.25, 0.3) is 0 Å². The van der Waals surface area contributed by atoms with E-state index in [1.165, 1.54) is 0 Å². The van der Waals surface area contributed by atoms with Gasteiger partial charge < -0.3 is 4.90 Å². The van der Waals surface area contributed by atoms with Gasteiger partial charge in [0, 0.05) is 44.7 Å². The molecule has 2 nitrogen and oxygen atoms in total. The molecule has 1 aromatic carbocycles. The fourth-order valence-electron chi connectivity index (χ4n) is 1.07. The number of para-hydroxylation sites is 1. The molecule has 0 atom stereocenters. The zero-order chi connectivity index (χ0) is 11.7. The van der Waals surface area contributed by atoms with Crippen LogP contribution in [0.4, 0.5) is 5.69 Å². The first kappa shape index (κ1) is 18.3. The predicted octanol–water partition coefficient (Wildman–Crippen LogP) is 2.60. The number of nitriles is 1. The second-order valence-corrected chi connectivity index (χ2v) is 3.42. The summed E-state index contributed by atoms with van der Waals surface area (Å²) in [5.74, 6) is 0. The van der Waals surface area contributed by atoms with Gasteiger partial charge in [0.25, 0.3) is 0 Å². The smallest absolute Gasteiger partial charge is 0.183 e. The van der Waals surface area contributed by atoms with Crippen LogP contribution in [-0.4, -0.2) is 20.2 Å². The third-order valence-corrected chi connectivity index (χ3v) is 1.91. The molecule has 0 aliphatic carbocycles. The van der Waals surface area contributed by atoms with Crippen LogP contribution < -0.4 is 4.90 Å². The van der Waals surface area contributed by atoms with Crippen molar-refractivity contribution in [1.29, 1.82) is 5.26 Å². The van der Waals surface area contributed by atoms with Crippen molar-refractivity contribution in [3.05, 3.63) is 29.8 Å². The van der Waals surface area contributed by atoms with Gasteiger partial charge in [-0.3, -0.25) is 0 Å². The summed E-state index contributed by atoms with van der Waals surface area (Å²) in [7, 11) is 1.98. The molecule has 0 N–H and O–H groups in total. The average Bonchev–Trinajstić information content (AvgIpc) is 2.29. The first-order chi connectivity index (χ1) is 7.21. The molecule has 83 valence electrons. The molecule has 5 heteroatoms. The monoisotopic (exact) mass is 457 g/mol. The van der Waals surface area contributed by atoms with Gasteiger partial charge in [0.15, 0.2) is 6.56 Å². The van der Waals surface area contributed by atoms with Crippen LogP contribution in [0.15, 0.2) is 24.3 Å². The summed E-state index contributed by atoms with van der Waals surface area (Å²) in [5.41, 5.74) is 1.74. The topological polar surface area (TPSA) is 27.0 Å². The van der Waals surface area contributed by atoms with E-state index in [4.69, 9.17) is 5.26 Å². The van der Waals surface area contributed by atoms with E-state index in [0.29, 0.717) is 0 Å². The van der Waals surface area contributed by atoms with E-state index in [-0.39, 0.29) is 31.1 Å². The fourth-order valence-corrected chi connectivity index (χ4v) is 1.07. The van der Waals surface area contributed by atoms with E-state index in [2.05, 4.69) is 30.4 Å². The van der Waals surface area contributed by atoms with Crippen LogP contribution in [0.3, 0.4) is 0 Å². The van der Waals surface area contributed by atoms with Crippen molar-refractivity contribution in [3.63, 3.8) is 0 Å². The van der Waals surface area contributed by atoms with Crippen LogP contribution in [0.1, 0.15) is 12.5 Å². The van der Waals surface area contributed by atoms with Crippen molar-refractivity contribution >= 4 is 24.7 Å². The number of nitrogens with zero attached hydrogens (tertiary/aromatic N) is 2. The Bertz CT molecular complexity index is 328. The van der Waals surface area contributed by atoms with Gasteiger partial charge >= 0.3 is 0 Å². The van der Waals surface area contributed by atoms with E-state index in [1.54, 1.807) is 6.56 Å². The van der Waals surface area contributed by atoms with Gasteiger partial charge in [-0.1, -0.05) is 19.0 Å². The first-order valence-corrected chi connectivity index (χ1v) is 5.35. The molecule has 1 rings (SSSR count). The molecule has 0 aromatic heterocycles. The minimum Gasteiger partial charge on any atom is -0.374 e. The Morgan fingerprint density at radius 2 is 1.94 bits per heavy atom. The number of thiol groups is 1. The molecule has 16 heavy (non-hydrogen) atoms. The van der Waals surface area contributed by atoms with Crippen molar-refractivity contribution in [2.45, 2.75) is 13.7 Å². The molecule has 0 spiro atoms. The number of benzene rings is 1. The summed E-state index contributed by atoms with van der Waals surface area (Å²) in [5, 5.41) is 8.79. The average molecular weight is 457 g/mol. The third kappa shape index (κ3) is 6.54. The number of hydrogen-bond donors (Lipinski definition) is 1. The number of rotatable bonds is 2. The van der Waals surface area contributed by atoms with Crippen molar-refractivity contribution in [3.8, 4) is 6.07 Å². The van der Waals surface area contributed by atoms with Gasteiger partial charge in [0.05, 0.1) is 11.3 Å². The zero-order valence-corrected chi connectivity index (χ0v) is 15.0. The molecule has 0 heterocycles. The van der Waals surface area contributed by atoms with Gasteiger partial charge in [0.1, 0.15) is 6.07 Å². The molecule has 0 aliphatic rings.